The first-order valence-electron chi connectivity index (χ1n) is 3.24. The third kappa shape index (κ3) is 5.76. The van der Waals surface area contributed by atoms with E-state index in [4.69, 9.17) is 5.73 Å². The van der Waals surface area contributed by atoms with E-state index in [2.05, 4.69) is 10.2 Å². The molecule has 3 N–H and O–H groups in total. The Kier molecular flexibility index (Phi) is 4.67. The summed E-state index contributed by atoms with van der Waals surface area (Å²) in [5, 5.41) is 2.97. The summed E-state index contributed by atoms with van der Waals surface area (Å²) in [6, 6.07) is 0. The van der Waals surface area contributed by atoms with Crippen LogP contribution in [0.2, 0.25) is 0 Å². The Labute approximate surface area is 57.2 Å². The average molecular weight is 131 g/mol. The smallest absolute Gasteiger partial charge is 0.0556 e. The molecule has 0 aliphatic carbocycles. The lowest BCUT2D eigenvalue weighted by Gasteiger charge is -2.13. The highest BCUT2D eigenvalue weighted by Gasteiger charge is 1.97. The fourth-order valence-corrected chi connectivity index (χ4v) is 0.542. The van der Waals surface area contributed by atoms with Gasteiger partial charge in [-0.25, -0.2) is 0 Å². The van der Waals surface area contributed by atoms with Crippen molar-refractivity contribution < 1.29 is 0 Å². The van der Waals surface area contributed by atoms with Crippen molar-refractivity contribution in [3.63, 3.8) is 0 Å². The van der Waals surface area contributed by atoms with Gasteiger partial charge in [0.1, 0.15) is 0 Å². The predicted octanol–water partition coefficient (Wildman–Crippen LogP) is -0.558. The zero-order valence-corrected chi connectivity index (χ0v) is 6.52. The van der Waals surface area contributed by atoms with E-state index in [0.717, 1.165) is 13.0 Å². The molecule has 0 aliphatic heterocycles. The van der Waals surface area contributed by atoms with E-state index in [9.17, 15) is 0 Å². The lowest BCUT2D eigenvalue weighted by atomic mass is 10.3. The molecule has 0 aromatic rings. The molecule has 56 valence electrons. The summed E-state index contributed by atoms with van der Waals surface area (Å²) in [6.45, 7) is 1.04. The maximum atomic E-state index is 5.58. The molecular formula is C6H17N3. The maximum Gasteiger partial charge on any atom is 0.0556 e. The van der Waals surface area contributed by atoms with Crippen LogP contribution in [0.1, 0.15) is 6.42 Å². The van der Waals surface area contributed by atoms with Gasteiger partial charge in [-0.2, -0.15) is 0 Å². The van der Waals surface area contributed by atoms with Crippen molar-refractivity contribution in [2.24, 2.45) is 5.73 Å². The Hall–Kier alpha value is -0.120. The summed E-state index contributed by atoms with van der Waals surface area (Å²) in [6.07, 6.45) is 1.15. The fraction of sp³-hybridized carbons (Fsp3) is 1.00. The number of rotatable bonds is 4. The van der Waals surface area contributed by atoms with Crippen molar-refractivity contribution >= 4 is 0 Å². The van der Waals surface area contributed by atoms with E-state index in [1.165, 1.54) is 0 Å². The summed E-state index contributed by atoms with van der Waals surface area (Å²) >= 11 is 0. The predicted molar refractivity (Wildman–Crippen MR) is 40.2 cm³/mol. The van der Waals surface area contributed by atoms with Crippen LogP contribution in [0.4, 0.5) is 0 Å². The molecule has 3 nitrogen and oxygen atoms in total. The van der Waals surface area contributed by atoms with Gasteiger partial charge in [0.05, 0.1) is 6.17 Å². The van der Waals surface area contributed by atoms with Gasteiger partial charge < -0.3 is 16.0 Å². The monoisotopic (exact) mass is 131 g/mol. The van der Waals surface area contributed by atoms with Crippen LogP contribution in [0, 0.1) is 0 Å². The number of nitrogens with two attached hydrogens (primary N) is 1. The molecule has 0 aromatic carbocycles. The Morgan fingerprint density at radius 2 is 2.11 bits per heavy atom. The van der Waals surface area contributed by atoms with Crippen molar-refractivity contribution in [1.82, 2.24) is 10.2 Å². The van der Waals surface area contributed by atoms with E-state index in [1.54, 1.807) is 0 Å². The topological polar surface area (TPSA) is 41.3 Å². The van der Waals surface area contributed by atoms with Gasteiger partial charge in [0.15, 0.2) is 0 Å². The lowest BCUT2D eigenvalue weighted by Crippen LogP contribution is -2.36. The summed E-state index contributed by atoms with van der Waals surface area (Å²) in [5.74, 6) is 0. The van der Waals surface area contributed by atoms with Gasteiger partial charge in [-0.3, -0.25) is 0 Å². The van der Waals surface area contributed by atoms with Gasteiger partial charge in [-0.05, 0) is 27.6 Å². The molecule has 0 bridgehead atoms. The molecule has 0 aromatic heterocycles. The van der Waals surface area contributed by atoms with Crippen LogP contribution in [0.25, 0.3) is 0 Å². The number of nitrogens with one attached hydrogen (secondary N) is 1. The molecule has 0 radical (unpaired) electrons. The fourth-order valence-electron chi connectivity index (χ4n) is 0.542. The van der Waals surface area contributed by atoms with Crippen molar-refractivity contribution in [3.05, 3.63) is 0 Å². The van der Waals surface area contributed by atoms with Crippen molar-refractivity contribution in [3.8, 4) is 0 Å². The van der Waals surface area contributed by atoms with E-state index >= 15 is 0 Å². The van der Waals surface area contributed by atoms with Gasteiger partial charge >= 0.3 is 0 Å². The van der Waals surface area contributed by atoms with Crippen LogP contribution in [0.5, 0.6) is 0 Å². The molecule has 0 amide bonds. The molecule has 1 atom stereocenters. The van der Waals surface area contributed by atoms with Crippen LogP contribution in [0.3, 0.4) is 0 Å². The minimum atomic E-state index is 0.146. The molecule has 0 aliphatic rings. The van der Waals surface area contributed by atoms with Crippen molar-refractivity contribution in [1.29, 1.82) is 0 Å². The molecule has 0 saturated heterocycles. The lowest BCUT2D eigenvalue weighted by molar-refractivity contribution is 0.368. The third-order valence-electron chi connectivity index (χ3n) is 1.26. The standard InChI is InChI=1S/C6H17N3/c1-8-6(7)4-5-9(2)3/h6,8H,4-5,7H2,1-3H3. The Morgan fingerprint density at radius 1 is 1.56 bits per heavy atom. The molecular weight excluding hydrogens is 114 g/mol. The van der Waals surface area contributed by atoms with Crippen molar-refractivity contribution in [2.45, 2.75) is 12.6 Å². The van der Waals surface area contributed by atoms with Crippen LogP contribution >= 0.6 is 0 Å². The van der Waals surface area contributed by atoms with Gasteiger partial charge in [-0.15, -0.1) is 0 Å². The summed E-state index contributed by atoms with van der Waals surface area (Å²) < 4.78 is 0. The molecule has 0 saturated carbocycles. The van der Waals surface area contributed by atoms with Gasteiger partial charge in [-0.1, -0.05) is 0 Å². The number of hydrogen-bond donors (Lipinski definition) is 2. The Bertz CT molecular complexity index is 63.3. The SMILES string of the molecule is CNC(N)CCN(C)C. The molecule has 0 fully saturated rings. The van der Waals surface area contributed by atoms with Gasteiger partial charge in [0, 0.05) is 6.54 Å². The second-order valence-corrected chi connectivity index (χ2v) is 2.49. The highest BCUT2D eigenvalue weighted by molar-refractivity contribution is 4.56. The number of hydrogen-bond acceptors (Lipinski definition) is 3. The second-order valence-electron chi connectivity index (χ2n) is 2.49. The summed E-state index contributed by atoms with van der Waals surface area (Å²) in [4.78, 5) is 2.12. The molecule has 9 heavy (non-hydrogen) atoms. The summed E-state index contributed by atoms with van der Waals surface area (Å²) in [5.41, 5.74) is 5.58. The Balaban J connectivity index is 3.06. The van der Waals surface area contributed by atoms with Gasteiger partial charge in [0.2, 0.25) is 0 Å². The molecule has 1 unspecified atom stereocenters. The maximum absolute atomic E-state index is 5.58. The molecule has 3 heteroatoms. The van der Waals surface area contributed by atoms with E-state index < -0.39 is 0 Å². The minimum Gasteiger partial charge on any atom is -0.316 e. The third-order valence-corrected chi connectivity index (χ3v) is 1.26. The first kappa shape index (κ1) is 8.88. The quantitative estimate of drug-likeness (QED) is 0.503. The highest BCUT2D eigenvalue weighted by Crippen LogP contribution is 1.83. The van der Waals surface area contributed by atoms with Crippen LogP contribution < -0.4 is 11.1 Å². The average Bonchev–Trinajstić information content (AvgIpc) is 1.83. The van der Waals surface area contributed by atoms with Crippen LogP contribution in [-0.4, -0.2) is 38.8 Å². The second kappa shape index (κ2) is 4.73. The minimum absolute atomic E-state index is 0.146. The van der Waals surface area contributed by atoms with Crippen molar-refractivity contribution in [2.75, 3.05) is 27.7 Å². The number of nitrogens with zero attached hydrogens (tertiary/aromatic N) is 1. The van der Waals surface area contributed by atoms with E-state index in [1.807, 2.05) is 21.1 Å². The largest absolute Gasteiger partial charge is 0.316 e. The van der Waals surface area contributed by atoms with Crippen LogP contribution in [0.15, 0.2) is 0 Å². The molecule has 0 rings (SSSR count). The zero-order valence-electron chi connectivity index (χ0n) is 6.52. The zero-order chi connectivity index (χ0) is 7.28. The molecule has 0 spiro atoms. The highest BCUT2D eigenvalue weighted by atomic mass is 15.1. The summed E-state index contributed by atoms with van der Waals surface area (Å²) in [7, 11) is 5.96. The normalized spacial score (nSPS) is 14.3. The first-order valence-corrected chi connectivity index (χ1v) is 3.24. The first-order chi connectivity index (χ1) is 4.16. The Morgan fingerprint density at radius 3 is 2.44 bits per heavy atom. The van der Waals surface area contributed by atoms with Gasteiger partial charge in [0.25, 0.3) is 0 Å². The van der Waals surface area contributed by atoms with E-state index in [0.29, 0.717) is 0 Å². The van der Waals surface area contributed by atoms with Crippen LogP contribution in [-0.2, 0) is 0 Å². The molecule has 0 heterocycles. The van der Waals surface area contributed by atoms with E-state index in [-0.39, 0.29) is 6.17 Å².